The van der Waals surface area contributed by atoms with Gasteiger partial charge in [-0.1, -0.05) is 0 Å². The lowest BCUT2D eigenvalue weighted by atomic mass is 9.81. The molecule has 3 heterocycles. The third-order valence-corrected chi connectivity index (χ3v) is 5.25. The Bertz CT molecular complexity index is 752. The lowest BCUT2D eigenvalue weighted by Gasteiger charge is -2.33. The molecule has 1 saturated heterocycles. The highest BCUT2D eigenvalue weighted by atomic mass is 16.4. The van der Waals surface area contributed by atoms with Crippen LogP contribution in [0.5, 0.6) is 0 Å². The van der Waals surface area contributed by atoms with E-state index < -0.39 is 5.97 Å². The van der Waals surface area contributed by atoms with Gasteiger partial charge in [-0.15, -0.1) is 0 Å². The molecule has 0 spiro atoms. The van der Waals surface area contributed by atoms with Crippen LogP contribution >= 0.6 is 0 Å². The SMILES string of the molecule is O=C(O)CN1CCCC(CC(CCc2ccncc2)c2ccncc2)C1=O. The van der Waals surface area contributed by atoms with Gasteiger partial charge in [0.05, 0.1) is 0 Å². The van der Waals surface area contributed by atoms with Crippen LogP contribution in [-0.4, -0.2) is 44.9 Å². The van der Waals surface area contributed by atoms with E-state index in [9.17, 15) is 9.59 Å². The minimum atomic E-state index is -0.952. The van der Waals surface area contributed by atoms with E-state index in [-0.39, 0.29) is 24.3 Å². The highest BCUT2D eigenvalue weighted by Gasteiger charge is 2.31. The summed E-state index contributed by atoms with van der Waals surface area (Å²) in [6.45, 7) is 0.338. The Hall–Kier alpha value is -2.76. The lowest BCUT2D eigenvalue weighted by Crippen LogP contribution is -2.44. The number of hydrogen-bond donors (Lipinski definition) is 1. The fourth-order valence-electron chi connectivity index (χ4n) is 3.85. The number of piperidine rings is 1. The summed E-state index contributed by atoms with van der Waals surface area (Å²) in [5.74, 6) is -0.854. The van der Waals surface area contributed by atoms with Crippen molar-refractivity contribution in [2.75, 3.05) is 13.1 Å². The lowest BCUT2D eigenvalue weighted by molar-refractivity contribution is -0.148. The van der Waals surface area contributed by atoms with E-state index in [0.29, 0.717) is 6.54 Å². The third kappa shape index (κ3) is 5.36. The molecule has 0 radical (unpaired) electrons. The molecule has 0 aliphatic carbocycles. The van der Waals surface area contributed by atoms with Crippen molar-refractivity contribution < 1.29 is 14.7 Å². The molecule has 1 amide bonds. The van der Waals surface area contributed by atoms with E-state index in [1.807, 2.05) is 24.3 Å². The van der Waals surface area contributed by atoms with Crippen LogP contribution in [0.4, 0.5) is 0 Å². The fourth-order valence-corrected chi connectivity index (χ4v) is 3.85. The van der Waals surface area contributed by atoms with Crippen molar-refractivity contribution in [1.82, 2.24) is 14.9 Å². The summed E-state index contributed by atoms with van der Waals surface area (Å²) in [6.07, 6.45) is 11.4. The maximum absolute atomic E-state index is 12.7. The zero-order valence-electron chi connectivity index (χ0n) is 15.3. The molecule has 2 atom stereocenters. The number of pyridine rings is 2. The Balaban J connectivity index is 1.70. The number of carboxylic acid groups (broad SMARTS) is 1. The normalized spacial score (nSPS) is 18.3. The first kappa shape index (κ1) is 19.0. The van der Waals surface area contributed by atoms with Gasteiger partial charge in [0.2, 0.25) is 5.91 Å². The molecule has 0 saturated carbocycles. The van der Waals surface area contributed by atoms with Crippen LogP contribution in [0, 0.1) is 5.92 Å². The first-order valence-corrected chi connectivity index (χ1v) is 9.43. The van der Waals surface area contributed by atoms with Crippen LogP contribution in [0.2, 0.25) is 0 Å². The minimum absolute atomic E-state index is 0.0217. The van der Waals surface area contributed by atoms with Crippen molar-refractivity contribution in [3.63, 3.8) is 0 Å². The first-order chi connectivity index (χ1) is 13.1. The molecule has 1 aliphatic heterocycles. The molecular weight excluding hydrogens is 342 g/mol. The summed E-state index contributed by atoms with van der Waals surface area (Å²) >= 11 is 0. The molecule has 1 aliphatic rings. The molecule has 27 heavy (non-hydrogen) atoms. The number of hydrogen-bond acceptors (Lipinski definition) is 4. The van der Waals surface area contributed by atoms with Gasteiger partial charge in [-0.3, -0.25) is 19.6 Å². The van der Waals surface area contributed by atoms with Gasteiger partial charge in [-0.25, -0.2) is 0 Å². The summed E-state index contributed by atoms with van der Waals surface area (Å²) in [5.41, 5.74) is 2.41. The number of carbonyl (C=O) groups excluding carboxylic acids is 1. The van der Waals surface area contributed by atoms with E-state index >= 15 is 0 Å². The Morgan fingerprint density at radius 3 is 2.48 bits per heavy atom. The second kappa shape index (κ2) is 9.26. The van der Waals surface area contributed by atoms with Gasteiger partial charge in [-0.2, -0.15) is 0 Å². The van der Waals surface area contributed by atoms with Crippen LogP contribution in [-0.2, 0) is 16.0 Å². The average molecular weight is 367 g/mol. The summed E-state index contributed by atoms with van der Waals surface area (Å²) in [6, 6.07) is 8.06. The molecule has 6 heteroatoms. The van der Waals surface area contributed by atoms with Crippen molar-refractivity contribution in [2.45, 2.75) is 38.0 Å². The maximum atomic E-state index is 12.7. The standard InChI is InChI=1S/C21H25N3O3/c25-20(26)15-24-13-1-2-19(21(24)27)14-18(17-7-11-23-12-8-17)4-3-16-5-9-22-10-6-16/h5-12,18-19H,1-4,13-15H2,(H,25,26). The van der Waals surface area contributed by atoms with E-state index in [1.165, 1.54) is 16.0 Å². The number of aliphatic carboxylic acids is 1. The molecule has 2 unspecified atom stereocenters. The van der Waals surface area contributed by atoms with Crippen LogP contribution in [0.25, 0.3) is 0 Å². The summed E-state index contributed by atoms with van der Waals surface area (Å²) < 4.78 is 0. The summed E-state index contributed by atoms with van der Waals surface area (Å²) in [7, 11) is 0. The highest BCUT2D eigenvalue weighted by Crippen LogP contribution is 2.33. The molecule has 1 N–H and O–H groups in total. The van der Waals surface area contributed by atoms with E-state index in [0.717, 1.165) is 32.1 Å². The molecule has 6 nitrogen and oxygen atoms in total. The van der Waals surface area contributed by atoms with Gasteiger partial charge >= 0.3 is 5.97 Å². The quantitative estimate of drug-likeness (QED) is 0.776. The van der Waals surface area contributed by atoms with Gasteiger partial charge in [0.1, 0.15) is 6.54 Å². The Labute approximate surface area is 159 Å². The van der Waals surface area contributed by atoms with Gasteiger partial charge in [0, 0.05) is 37.3 Å². The highest BCUT2D eigenvalue weighted by molar-refractivity contribution is 5.83. The van der Waals surface area contributed by atoms with Crippen molar-refractivity contribution in [2.24, 2.45) is 5.92 Å². The van der Waals surface area contributed by atoms with E-state index in [1.54, 1.807) is 24.8 Å². The maximum Gasteiger partial charge on any atom is 0.323 e. The monoisotopic (exact) mass is 367 g/mol. The summed E-state index contributed by atoms with van der Waals surface area (Å²) in [4.78, 5) is 33.4. The second-order valence-electron chi connectivity index (χ2n) is 7.10. The van der Waals surface area contributed by atoms with Crippen LogP contribution < -0.4 is 0 Å². The number of aromatic nitrogens is 2. The predicted molar refractivity (Wildman–Crippen MR) is 101 cm³/mol. The topological polar surface area (TPSA) is 83.4 Å². The number of likely N-dealkylation sites (tertiary alicyclic amines) is 1. The van der Waals surface area contributed by atoms with Crippen molar-refractivity contribution in [1.29, 1.82) is 0 Å². The van der Waals surface area contributed by atoms with E-state index in [4.69, 9.17) is 5.11 Å². The number of carboxylic acids is 1. The number of rotatable bonds is 8. The molecule has 0 bridgehead atoms. The van der Waals surface area contributed by atoms with Crippen LogP contribution in [0.15, 0.2) is 49.1 Å². The Morgan fingerprint density at radius 1 is 1.15 bits per heavy atom. The number of aryl methyl sites for hydroxylation is 1. The smallest absolute Gasteiger partial charge is 0.323 e. The minimum Gasteiger partial charge on any atom is -0.480 e. The van der Waals surface area contributed by atoms with Crippen LogP contribution in [0.3, 0.4) is 0 Å². The predicted octanol–water partition coefficient (Wildman–Crippen LogP) is 2.91. The number of amides is 1. The van der Waals surface area contributed by atoms with Gasteiger partial charge < -0.3 is 10.0 Å². The first-order valence-electron chi connectivity index (χ1n) is 9.43. The van der Waals surface area contributed by atoms with Crippen molar-refractivity contribution in [3.8, 4) is 0 Å². The van der Waals surface area contributed by atoms with Crippen LogP contribution in [0.1, 0.15) is 42.7 Å². The molecule has 142 valence electrons. The Kier molecular flexibility index (Phi) is 6.52. The second-order valence-corrected chi connectivity index (χ2v) is 7.10. The average Bonchev–Trinajstić information content (AvgIpc) is 2.69. The van der Waals surface area contributed by atoms with E-state index in [2.05, 4.69) is 9.97 Å². The third-order valence-electron chi connectivity index (χ3n) is 5.25. The molecule has 1 fully saturated rings. The zero-order valence-corrected chi connectivity index (χ0v) is 15.3. The molecule has 0 aromatic carbocycles. The number of nitrogens with zero attached hydrogens (tertiary/aromatic N) is 3. The Morgan fingerprint density at radius 2 is 1.81 bits per heavy atom. The molecule has 2 aromatic rings. The largest absolute Gasteiger partial charge is 0.480 e. The van der Waals surface area contributed by atoms with Crippen molar-refractivity contribution >= 4 is 11.9 Å². The fraction of sp³-hybridized carbons (Fsp3) is 0.429. The van der Waals surface area contributed by atoms with Crippen molar-refractivity contribution in [3.05, 3.63) is 60.2 Å². The molecule has 3 rings (SSSR count). The number of carbonyl (C=O) groups is 2. The van der Waals surface area contributed by atoms with Gasteiger partial charge in [-0.05, 0) is 73.4 Å². The zero-order chi connectivity index (χ0) is 19.1. The molecular formula is C21H25N3O3. The molecule has 2 aromatic heterocycles. The van der Waals surface area contributed by atoms with Gasteiger partial charge in [0.15, 0.2) is 0 Å². The summed E-state index contributed by atoms with van der Waals surface area (Å²) in [5, 5.41) is 9.03. The van der Waals surface area contributed by atoms with Gasteiger partial charge in [0.25, 0.3) is 0 Å².